The molecule has 19 heavy (non-hydrogen) atoms. The Morgan fingerprint density at radius 1 is 1.32 bits per heavy atom. The van der Waals surface area contributed by atoms with Gasteiger partial charge >= 0.3 is 6.09 Å². The summed E-state index contributed by atoms with van der Waals surface area (Å²) in [6, 6.07) is 0.754. The van der Waals surface area contributed by atoms with Crippen molar-refractivity contribution >= 4 is 6.09 Å². The Bertz CT molecular complexity index is 317. The zero-order valence-corrected chi connectivity index (χ0v) is 12.7. The molecule has 2 atom stereocenters. The van der Waals surface area contributed by atoms with Gasteiger partial charge in [-0.3, -0.25) is 0 Å². The van der Waals surface area contributed by atoms with Gasteiger partial charge in [0.1, 0.15) is 5.60 Å². The maximum atomic E-state index is 11.9. The molecule has 2 aliphatic rings. The normalized spacial score (nSPS) is 28.3. The van der Waals surface area contributed by atoms with Crippen molar-refractivity contribution in [2.24, 2.45) is 11.8 Å². The summed E-state index contributed by atoms with van der Waals surface area (Å²) in [5.74, 6) is 1.58. The molecule has 1 heterocycles. The Kier molecular flexibility index (Phi) is 4.39. The molecule has 0 aromatic heterocycles. The number of hydrogen-bond donors (Lipinski definition) is 1. The largest absolute Gasteiger partial charge is 0.444 e. The number of nitrogens with one attached hydrogen (secondary N) is 1. The van der Waals surface area contributed by atoms with E-state index in [1.54, 1.807) is 0 Å². The van der Waals surface area contributed by atoms with Crippen molar-refractivity contribution in [3.63, 3.8) is 0 Å². The summed E-state index contributed by atoms with van der Waals surface area (Å²) < 4.78 is 5.41. The Morgan fingerprint density at radius 2 is 1.89 bits per heavy atom. The predicted octanol–water partition coefficient (Wildman–Crippen LogP) is 2.63. The van der Waals surface area contributed by atoms with Crippen LogP contribution >= 0.6 is 0 Å². The minimum Gasteiger partial charge on any atom is -0.444 e. The summed E-state index contributed by atoms with van der Waals surface area (Å²) in [6.07, 6.45) is 3.35. The summed E-state index contributed by atoms with van der Waals surface area (Å²) in [7, 11) is 0. The fourth-order valence-corrected chi connectivity index (χ4v) is 2.57. The van der Waals surface area contributed by atoms with Gasteiger partial charge in [-0.2, -0.15) is 0 Å². The molecule has 1 aliphatic carbocycles. The van der Waals surface area contributed by atoms with E-state index in [2.05, 4.69) is 12.2 Å². The molecule has 1 saturated carbocycles. The standard InChI is InChI=1S/C15H28N2O2/c1-11-9-13(11)16-10-12-5-7-17(8-6-12)14(18)19-15(2,3)4/h11-13,16H,5-10H2,1-4H3. The molecular weight excluding hydrogens is 240 g/mol. The lowest BCUT2D eigenvalue weighted by Crippen LogP contribution is -2.43. The second-order valence-electron chi connectivity index (χ2n) is 7.14. The van der Waals surface area contributed by atoms with Gasteiger partial charge in [-0.05, 0) is 58.4 Å². The van der Waals surface area contributed by atoms with Crippen LogP contribution < -0.4 is 5.32 Å². The number of ether oxygens (including phenoxy) is 1. The molecule has 1 aliphatic heterocycles. The van der Waals surface area contributed by atoms with Crippen LogP contribution in [0.4, 0.5) is 4.79 Å². The van der Waals surface area contributed by atoms with Crippen LogP contribution in [0.15, 0.2) is 0 Å². The van der Waals surface area contributed by atoms with Crippen molar-refractivity contribution in [1.29, 1.82) is 0 Å². The number of likely N-dealkylation sites (tertiary alicyclic amines) is 1. The van der Waals surface area contributed by atoms with E-state index in [9.17, 15) is 4.79 Å². The monoisotopic (exact) mass is 268 g/mol. The average Bonchev–Trinajstić information content (AvgIpc) is 3.01. The number of nitrogens with zero attached hydrogens (tertiary/aromatic N) is 1. The molecule has 2 fully saturated rings. The van der Waals surface area contributed by atoms with Crippen molar-refractivity contribution in [2.75, 3.05) is 19.6 Å². The summed E-state index contributed by atoms with van der Waals surface area (Å²) in [5, 5.41) is 3.62. The molecular formula is C15H28N2O2. The zero-order valence-electron chi connectivity index (χ0n) is 12.7. The summed E-state index contributed by atoms with van der Waals surface area (Å²) >= 11 is 0. The maximum Gasteiger partial charge on any atom is 0.410 e. The number of amides is 1. The van der Waals surface area contributed by atoms with Gasteiger partial charge in [0.2, 0.25) is 0 Å². The smallest absolute Gasteiger partial charge is 0.410 e. The van der Waals surface area contributed by atoms with Crippen molar-refractivity contribution in [2.45, 2.75) is 58.6 Å². The summed E-state index contributed by atoms with van der Waals surface area (Å²) in [5.41, 5.74) is -0.391. The van der Waals surface area contributed by atoms with E-state index in [-0.39, 0.29) is 6.09 Å². The van der Waals surface area contributed by atoms with Crippen LogP contribution in [-0.2, 0) is 4.74 Å². The first-order valence-corrected chi connectivity index (χ1v) is 7.56. The van der Waals surface area contributed by atoms with Crippen molar-refractivity contribution in [3.8, 4) is 0 Å². The van der Waals surface area contributed by atoms with Crippen LogP contribution in [0.1, 0.15) is 47.0 Å². The highest BCUT2D eigenvalue weighted by Crippen LogP contribution is 2.29. The molecule has 1 saturated heterocycles. The summed E-state index contributed by atoms with van der Waals surface area (Å²) in [4.78, 5) is 13.8. The van der Waals surface area contributed by atoms with Crippen molar-refractivity contribution in [3.05, 3.63) is 0 Å². The van der Waals surface area contributed by atoms with Gasteiger partial charge in [0.05, 0.1) is 0 Å². The molecule has 0 spiro atoms. The van der Waals surface area contributed by atoms with Gasteiger partial charge in [-0.15, -0.1) is 0 Å². The molecule has 0 aromatic carbocycles. The Balaban J connectivity index is 1.65. The number of piperidine rings is 1. The lowest BCUT2D eigenvalue weighted by Gasteiger charge is -2.33. The van der Waals surface area contributed by atoms with Crippen LogP contribution in [0.25, 0.3) is 0 Å². The third kappa shape index (κ3) is 4.68. The van der Waals surface area contributed by atoms with Gasteiger partial charge in [0.15, 0.2) is 0 Å². The quantitative estimate of drug-likeness (QED) is 0.855. The van der Waals surface area contributed by atoms with Crippen LogP contribution in [0, 0.1) is 11.8 Å². The van der Waals surface area contributed by atoms with E-state index in [4.69, 9.17) is 4.74 Å². The van der Waals surface area contributed by atoms with E-state index < -0.39 is 5.60 Å². The lowest BCUT2D eigenvalue weighted by molar-refractivity contribution is 0.0184. The Labute approximate surface area is 116 Å². The number of carbonyl (C=O) groups is 1. The first kappa shape index (κ1) is 14.6. The van der Waals surface area contributed by atoms with E-state index in [1.807, 2.05) is 25.7 Å². The van der Waals surface area contributed by atoms with E-state index in [0.717, 1.165) is 44.4 Å². The van der Waals surface area contributed by atoms with Crippen molar-refractivity contribution < 1.29 is 9.53 Å². The Morgan fingerprint density at radius 3 is 2.37 bits per heavy atom. The van der Waals surface area contributed by atoms with Crippen LogP contribution in [0.3, 0.4) is 0 Å². The number of carbonyl (C=O) groups excluding carboxylic acids is 1. The number of rotatable bonds is 3. The third-order valence-electron chi connectivity index (χ3n) is 4.04. The fraction of sp³-hybridized carbons (Fsp3) is 0.933. The molecule has 4 nitrogen and oxygen atoms in total. The minimum atomic E-state index is -0.391. The average molecular weight is 268 g/mol. The summed E-state index contributed by atoms with van der Waals surface area (Å²) in [6.45, 7) is 10.8. The van der Waals surface area contributed by atoms with Crippen molar-refractivity contribution in [1.82, 2.24) is 10.2 Å². The highest BCUT2D eigenvalue weighted by Gasteiger charge is 2.33. The van der Waals surface area contributed by atoms with Gasteiger partial charge in [-0.1, -0.05) is 6.92 Å². The topological polar surface area (TPSA) is 41.6 Å². The molecule has 0 bridgehead atoms. The second kappa shape index (κ2) is 5.70. The molecule has 2 rings (SSSR count). The van der Waals surface area contributed by atoms with E-state index in [0.29, 0.717) is 5.92 Å². The SMILES string of the molecule is CC1CC1NCC1CCN(C(=O)OC(C)(C)C)CC1. The van der Waals surface area contributed by atoms with E-state index in [1.165, 1.54) is 6.42 Å². The molecule has 0 radical (unpaired) electrons. The molecule has 1 amide bonds. The van der Waals surface area contributed by atoms with Gasteiger partial charge < -0.3 is 15.0 Å². The van der Waals surface area contributed by atoms with Gasteiger partial charge in [-0.25, -0.2) is 4.79 Å². The third-order valence-corrected chi connectivity index (χ3v) is 4.04. The predicted molar refractivity (Wildman–Crippen MR) is 76.1 cm³/mol. The molecule has 4 heteroatoms. The van der Waals surface area contributed by atoms with Gasteiger partial charge in [0, 0.05) is 19.1 Å². The minimum absolute atomic E-state index is 0.158. The van der Waals surface area contributed by atoms with Crippen LogP contribution in [-0.4, -0.2) is 42.3 Å². The van der Waals surface area contributed by atoms with Crippen LogP contribution in [0.5, 0.6) is 0 Å². The highest BCUT2D eigenvalue weighted by atomic mass is 16.6. The van der Waals surface area contributed by atoms with Gasteiger partial charge in [0.25, 0.3) is 0 Å². The first-order valence-electron chi connectivity index (χ1n) is 7.56. The van der Waals surface area contributed by atoms with Crippen LogP contribution in [0.2, 0.25) is 0 Å². The molecule has 0 aromatic rings. The first-order chi connectivity index (χ1) is 8.85. The molecule has 1 N–H and O–H groups in total. The second-order valence-corrected chi connectivity index (χ2v) is 7.14. The molecule has 110 valence electrons. The number of hydrogen-bond acceptors (Lipinski definition) is 3. The zero-order chi connectivity index (χ0) is 14.0. The Hall–Kier alpha value is -0.770. The maximum absolute atomic E-state index is 11.9. The fourth-order valence-electron chi connectivity index (χ4n) is 2.57. The molecule has 2 unspecified atom stereocenters. The van der Waals surface area contributed by atoms with E-state index >= 15 is 0 Å². The highest BCUT2D eigenvalue weighted by molar-refractivity contribution is 5.68. The lowest BCUT2D eigenvalue weighted by atomic mass is 9.97.